The molecule has 4 atom stereocenters. The minimum atomic E-state index is -0.959. The average Bonchev–Trinajstić information content (AvgIpc) is 3.23. The minimum Gasteiger partial charge on any atom is -0.492 e. The van der Waals surface area contributed by atoms with E-state index in [0.717, 1.165) is 37.0 Å². The quantitative estimate of drug-likeness (QED) is 0.403. The zero-order valence-electron chi connectivity index (χ0n) is 19.5. The maximum absolute atomic E-state index is 13.9. The SMILES string of the molecule is CCO[C@@H](Cc1ccc(OCCN[C@H]2[C@@H]3CN(Cc4ccc(F)cc4F)C[C@@H]32)cc1)C(=O)O.Cl.Cl. The van der Waals surface area contributed by atoms with Crippen LogP contribution in [0.15, 0.2) is 42.5 Å². The average molecular weight is 533 g/mol. The van der Waals surface area contributed by atoms with Crippen molar-refractivity contribution in [2.75, 3.05) is 32.8 Å². The van der Waals surface area contributed by atoms with E-state index in [1.807, 2.05) is 24.3 Å². The molecule has 1 aliphatic carbocycles. The number of rotatable bonds is 12. The molecule has 2 N–H and O–H groups in total. The highest BCUT2D eigenvalue weighted by atomic mass is 35.5. The van der Waals surface area contributed by atoms with E-state index < -0.39 is 23.7 Å². The number of nitrogens with one attached hydrogen (secondary N) is 1. The van der Waals surface area contributed by atoms with E-state index in [2.05, 4.69) is 10.2 Å². The van der Waals surface area contributed by atoms with Gasteiger partial charge in [0.1, 0.15) is 24.0 Å². The Kier molecular flexibility index (Phi) is 11.2. The molecule has 10 heteroatoms. The Bertz CT molecular complexity index is 955. The fourth-order valence-electron chi connectivity index (χ4n) is 4.69. The van der Waals surface area contributed by atoms with Gasteiger partial charge in [0.05, 0.1) is 0 Å². The molecule has 1 saturated carbocycles. The largest absolute Gasteiger partial charge is 0.492 e. The molecular weight excluding hydrogens is 501 g/mol. The smallest absolute Gasteiger partial charge is 0.333 e. The van der Waals surface area contributed by atoms with Gasteiger partial charge in [-0.3, -0.25) is 4.90 Å². The molecule has 2 aromatic rings. The van der Waals surface area contributed by atoms with Crippen molar-refractivity contribution in [3.05, 3.63) is 65.2 Å². The molecule has 6 nitrogen and oxygen atoms in total. The molecule has 2 aromatic carbocycles. The molecule has 194 valence electrons. The second kappa shape index (κ2) is 13.4. The van der Waals surface area contributed by atoms with Crippen molar-refractivity contribution in [1.29, 1.82) is 0 Å². The van der Waals surface area contributed by atoms with Crippen LogP contribution in [-0.2, 0) is 22.5 Å². The predicted octanol–water partition coefficient (Wildman–Crippen LogP) is 3.94. The van der Waals surface area contributed by atoms with Crippen LogP contribution in [0.3, 0.4) is 0 Å². The molecule has 4 rings (SSSR count). The van der Waals surface area contributed by atoms with Crippen molar-refractivity contribution in [3.63, 3.8) is 0 Å². The fraction of sp³-hybridized carbons (Fsp3) is 0.480. The lowest BCUT2D eigenvalue weighted by atomic mass is 10.1. The highest BCUT2D eigenvalue weighted by Gasteiger charge is 2.55. The third kappa shape index (κ3) is 7.75. The molecule has 2 fully saturated rings. The number of likely N-dealkylation sites (tertiary alicyclic amines) is 1. The number of halogens is 4. The number of carboxylic acids is 1. The number of hydrogen-bond acceptors (Lipinski definition) is 5. The zero-order chi connectivity index (χ0) is 23.4. The molecule has 35 heavy (non-hydrogen) atoms. The van der Waals surface area contributed by atoms with Crippen LogP contribution in [0, 0.1) is 23.5 Å². The lowest BCUT2D eigenvalue weighted by Gasteiger charge is -2.20. The molecule has 1 saturated heterocycles. The molecule has 0 amide bonds. The summed E-state index contributed by atoms with van der Waals surface area (Å²) in [4.78, 5) is 13.4. The highest BCUT2D eigenvalue weighted by molar-refractivity contribution is 5.85. The molecule has 0 spiro atoms. The van der Waals surface area contributed by atoms with Crippen molar-refractivity contribution < 1.29 is 28.2 Å². The standard InChI is InChI=1S/C25H30F2N2O4.2ClH/c1-2-32-23(25(30)31)11-16-3-7-19(8-4-16)33-10-9-28-24-20-14-29(15-21(20)24)13-17-5-6-18(26)12-22(17)27;;/h3-8,12,20-21,23-24,28H,2,9-11,13-15H2,1H3,(H,30,31);2*1H/t20-,21+,23-,24+;;/m0../s1. The Morgan fingerprint density at radius 2 is 1.83 bits per heavy atom. The first-order valence-electron chi connectivity index (χ1n) is 11.4. The van der Waals surface area contributed by atoms with E-state index >= 15 is 0 Å². The lowest BCUT2D eigenvalue weighted by molar-refractivity contribution is -0.149. The number of carbonyl (C=O) groups is 1. The normalized spacial score (nSPS) is 21.4. The van der Waals surface area contributed by atoms with Gasteiger partial charge in [-0.2, -0.15) is 0 Å². The van der Waals surface area contributed by atoms with Crippen LogP contribution >= 0.6 is 24.8 Å². The summed E-state index contributed by atoms with van der Waals surface area (Å²) in [5.74, 6) is -0.102. The Morgan fingerprint density at radius 3 is 2.43 bits per heavy atom. The first-order valence-corrected chi connectivity index (χ1v) is 11.4. The predicted molar refractivity (Wildman–Crippen MR) is 134 cm³/mol. The minimum absolute atomic E-state index is 0. The number of fused-ring (bicyclic) bond motifs is 1. The summed E-state index contributed by atoms with van der Waals surface area (Å²) in [6, 6.07) is 11.7. The van der Waals surface area contributed by atoms with E-state index in [0.29, 0.717) is 49.6 Å². The number of hydrogen-bond donors (Lipinski definition) is 2. The summed E-state index contributed by atoms with van der Waals surface area (Å²) in [5, 5.41) is 12.7. The first-order chi connectivity index (χ1) is 15.9. The molecule has 0 bridgehead atoms. The second-order valence-electron chi connectivity index (χ2n) is 8.72. The summed E-state index contributed by atoms with van der Waals surface area (Å²) >= 11 is 0. The highest BCUT2D eigenvalue weighted by Crippen LogP contribution is 2.45. The van der Waals surface area contributed by atoms with Gasteiger partial charge in [-0.25, -0.2) is 13.6 Å². The lowest BCUT2D eigenvalue weighted by Crippen LogP contribution is -2.33. The van der Waals surface area contributed by atoms with Crippen LogP contribution in [0.5, 0.6) is 5.75 Å². The van der Waals surface area contributed by atoms with Gasteiger partial charge in [-0.15, -0.1) is 24.8 Å². The summed E-state index contributed by atoms with van der Waals surface area (Å²) in [7, 11) is 0. The maximum Gasteiger partial charge on any atom is 0.333 e. The number of carboxylic acid groups (broad SMARTS) is 1. The first kappa shape index (κ1) is 29.3. The van der Waals surface area contributed by atoms with Crippen LogP contribution in [0.1, 0.15) is 18.1 Å². The fourth-order valence-corrected chi connectivity index (χ4v) is 4.69. The van der Waals surface area contributed by atoms with Gasteiger partial charge < -0.3 is 19.9 Å². The van der Waals surface area contributed by atoms with Crippen LogP contribution in [0.2, 0.25) is 0 Å². The van der Waals surface area contributed by atoms with E-state index in [4.69, 9.17) is 9.47 Å². The Hall–Kier alpha value is -1.97. The van der Waals surface area contributed by atoms with Crippen molar-refractivity contribution in [1.82, 2.24) is 10.2 Å². The van der Waals surface area contributed by atoms with Gasteiger partial charge in [-0.1, -0.05) is 18.2 Å². The Morgan fingerprint density at radius 1 is 1.14 bits per heavy atom. The van der Waals surface area contributed by atoms with Crippen molar-refractivity contribution in [2.24, 2.45) is 11.8 Å². The zero-order valence-corrected chi connectivity index (χ0v) is 21.1. The second-order valence-corrected chi connectivity index (χ2v) is 8.72. The van der Waals surface area contributed by atoms with Crippen LogP contribution in [0.25, 0.3) is 0 Å². The van der Waals surface area contributed by atoms with Crippen LogP contribution < -0.4 is 10.1 Å². The number of ether oxygens (including phenoxy) is 2. The van der Waals surface area contributed by atoms with Crippen molar-refractivity contribution in [2.45, 2.75) is 32.0 Å². The summed E-state index contributed by atoms with van der Waals surface area (Å²) in [6.45, 7) is 5.76. The number of aliphatic carboxylic acids is 1. The van der Waals surface area contributed by atoms with Gasteiger partial charge in [0, 0.05) is 56.9 Å². The Labute approximate surface area is 216 Å². The molecule has 0 aromatic heterocycles. The van der Waals surface area contributed by atoms with Gasteiger partial charge in [0.25, 0.3) is 0 Å². The van der Waals surface area contributed by atoms with E-state index in [-0.39, 0.29) is 24.8 Å². The monoisotopic (exact) mass is 532 g/mol. The van der Waals surface area contributed by atoms with Crippen molar-refractivity contribution >= 4 is 30.8 Å². The molecule has 0 radical (unpaired) electrons. The van der Waals surface area contributed by atoms with E-state index in [1.165, 1.54) is 12.1 Å². The number of benzene rings is 2. The van der Waals surface area contributed by atoms with E-state index in [9.17, 15) is 18.7 Å². The van der Waals surface area contributed by atoms with Crippen LogP contribution in [0.4, 0.5) is 8.78 Å². The Balaban J connectivity index is 0.00000216. The van der Waals surface area contributed by atoms with Gasteiger partial charge in [0.15, 0.2) is 6.10 Å². The topological polar surface area (TPSA) is 71.0 Å². The number of piperidine rings is 1. The van der Waals surface area contributed by atoms with Gasteiger partial charge >= 0.3 is 5.97 Å². The maximum atomic E-state index is 13.9. The van der Waals surface area contributed by atoms with Crippen molar-refractivity contribution in [3.8, 4) is 5.75 Å². The molecule has 1 aliphatic heterocycles. The third-order valence-electron chi connectivity index (χ3n) is 6.42. The van der Waals surface area contributed by atoms with Gasteiger partial charge in [-0.05, 0) is 42.5 Å². The molecule has 0 unspecified atom stereocenters. The number of nitrogens with zero attached hydrogens (tertiary/aromatic N) is 1. The summed E-state index contributed by atoms with van der Waals surface area (Å²) < 4.78 is 38.0. The van der Waals surface area contributed by atoms with E-state index in [1.54, 1.807) is 6.92 Å². The summed E-state index contributed by atoms with van der Waals surface area (Å²) in [6.07, 6.45) is -0.519. The third-order valence-corrected chi connectivity index (χ3v) is 6.42. The van der Waals surface area contributed by atoms with Gasteiger partial charge in [0.2, 0.25) is 0 Å². The molecule has 2 aliphatic rings. The van der Waals surface area contributed by atoms with Crippen LogP contribution in [-0.4, -0.2) is 61.0 Å². The molecular formula is C25H32Cl2F2N2O4. The molecule has 1 heterocycles. The summed E-state index contributed by atoms with van der Waals surface area (Å²) in [5.41, 5.74) is 1.43.